The normalized spacial score (nSPS) is 18.6. The van der Waals surface area contributed by atoms with Crippen molar-refractivity contribution in [2.24, 2.45) is 0 Å². The first-order valence-electron chi connectivity index (χ1n) is 6.63. The highest BCUT2D eigenvalue weighted by atomic mass is 16.5. The van der Waals surface area contributed by atoms with Crippen LogP contribution in [0.5, 0.6) is 0 Å². The van der Waals surface area contributed by atoms with E-state index in [1.807, 2.05) is 0 Å². The van der Waals surface area contributed by atoms with Gasteiger partial charge in [0.15, 0.2) is 0 Å². The lowest BCUT2D eigenvalue weighted by atomic mass is 9.84. The first kappa shape index (κ1) is 10.4. The fourth-order valence-corrected chi connectivity index (χ4v) is 3.50. The summed E-state index contributed by atoms with van der Waals surface area (Å²) in [6.45, 7) is 2.88. The maximum atomic E-state index is 8.82. The number of H-pyrrole nitrogens is 1. The predicted octanol–water partition coefficient (Wildman–Crippen LogP) is 2.34. The molecule has 0 unspecified atom stereocenters. The van der Waals surface area contributed by atoms with Crippen molar-refractivity contribution in [2.45, 2.75) is 25.3 Å². The number of nitrogens with one attached hydrogen (secondary N) is 2. The van der Waals surface area contributed by atoms with Gasteiger partial charge in [-0.25, -0.2) is 5.48 Å². The van der Waals surface area contributed by atoms with Gasteiger partial charge < -0.3 is 15.1 Å². The van der Waals surface area contributed by atoms with Crippen molar-refractivity contribution >= 4 is 16.7 Å². The highest BCUT2D eigenvalue weighted by molar-refractivity contribution is 5.91. The Hall–Kier alpha value is -1.52. The standard InChI is InChI=1S/C14H17N3O/c18-15-8-9-1-2-12-11(7-9)13-10-3-5-17(6-4-10)14(13)16-12/h1-2,7,10,15-16,18H,3-6,8H2. The minimum atomic E-state index is 0.504. The molecule has 1 fully saturated rings. The molecule has 2 bridgehead atoms. The number of rotatable bonds is 2. The molecule has 1 aromatic carbocycles. The zero-order valence-electron chi connectivity index (χ0n) is 10.2. The molecule has 0 aliphatic carbocycles. The fraction of sp³-hybridized carbons (Fsp3) is 0.429. The van der Waals surface area contributed by atoms with E-state index in [9.17, 15) is 0 Å². The van der Waals surface area contributed by atoms with Crippen LogP contribution < -0.4 is 10.4 Å². The molecule has 3 aliphatic rings. The molecule has 0 spiro atoms. The Bertz CT molecular complexity index is 596. The average molecular weight is 243 g/mol. The lowest BCUT2D eigenvalue weighted by molar-refractivity contribution is 0.161. The lowest BCUT2D eigenvalue weighted by Crippen LogP contribution is -2.38. The van der Waals surface area contributed by atoms with Crippen LogP contribution in [0.3, 0.4) is 0 Å². The number of hydrogen-bond acceptors (Lipinski definition) is 3. The molecule has 3 N–H and O–H groups in total. The molecule has 94 valence electrons. The third-order valence-electron chi connectivity index (χ3n) is 4.38. The van der Waals surface area contributed by atoms with E-state index in [2.05, 4.69) is 33.6 Å². The number of piperidine rings is 1. The van der Waals surface area contributed by atoms with Crippen molar-refractivity contribution in [1.29, 1.82) is 0 Å². The zero-order chi connectivity index (χ0) is 12.1. The quantitative estimate of drug-likeness (QED) is 0.710. The molecule has 1 saturated heterocycles. The summed E-state index contributed by atoms with van der Waals surface area (Å²) in [7, 11) is 0. The van der Waals surface area contributed by atoms with E-state index in [1.165, 1.54) is 48.2 Å². The molecule has 0 radical (unpaired) electrons. The van der Waals surface area contributed by atoms with E-state index >= 15 is 0 Å². The van der Waals surface area contributed by atoms with E-state index in [0.717, 1.165) is 11.5 Å². The van der Waals surface area contributed by atoms with Crippen LogP contribution in [0.15, 0.2) is 18.2 Å². The highest BCUT2D eigenvalue weighted by Gasteiger charge is 2.33. The van der Waals surface area contributed by atoms with Crippen molar-refractivity contribution in [3.63, 3.8) is 0 Å². The number of aromatic amines is 1. The smallest absolute Gasteiger partial charge is 0.110 e. The SMILES string of the molecule is ONCc1ccc2[nH]c3c(c2c1)C1CCN3CC1. The summed E-state index contributed by atoms with van der Waals surface area (Å²) in [5, 5.41) is 10.2. The number of nitrogens with zero attached hydrogens (tertiary/aromatic N) is 1. The molecule has 0 atom stereocenters. The summed E-state index contributed by atoms with van der Waals surface area (Å²) >= 11 is 0. The van der Waals surface area contributed by atoms with Gasteiger partial charge >= 0.3 is 0 Å². The van der Waals surface area contributed by atoms with Crippen LogP contribution in [0.2, 0.25) is 0 Å². The monoisotopic (exact) mass is 243 g/mol. The van der Waals surface area contributed by atoms with Gasteiger partial charge in [-0.2, -0.15) is 0 Å². The van der Waals surface area contributed by atoms with Gasteiger partial charge in [-0.15, -0.1) is 0 Å². The maximum absolute atomic E-state index is 8.82. The Morgan fingerprint density at radius 2 is 2.17 bits per heavy atom. The molecule has 5 rings (SSSR count). The van der Waals surface area contributed by atoms with Gasteiger partial charge in [-0.05, 0) is 36.5 Å². The summed E-state index contributed by atoms with van der Waals surface area (Å²) in [5.74, 6) is 2.05. The van der Waals surface area contributed by atoms with E-state index in [-0.39, 0.29) is 0 Å². The van der Waals surface area contributed by atoms with Crippen molar-refractivity contribution in [2.75, 3.05) is 18.0 Å². The summed E-state index contributed by atoms with van der Waals surface area (Å²) in [5.41, 5.74) is 6.09. The van der Waals surface area contributed by atoms with Crippen LogP contribution in [0.25, 0.3) is 10.9 Å². The predicted molar refractivity (Wildman–Crippen MR) is 71.1 cm³/mol. The van der Waals surface area contributed by atoms with Crippen molar-refractivity contribution < 1.29 is 5.21 Å². The van der Waals surface area contributed by atoms with Crippen molar-refractivity contribution in [3.8, 4) is 0 Å². The molecule has 3 aliphatic heterocycles. The Morgan fingerprint density at radius 3 is 2.94 bits per heavy atom. The highest BCUT2D eigenvalue weighted by Crippen LogP contribution is 2.45. The number of fused-ring (bicyclic) bond motifs is 3. The lowest BCUT2D eigenvalue weighted by Gasteiger charge is -2.40. The molecule has 0 saturated carbocycles. The van der Waals surface area contributed by atoms with Gasteiger partial charge in [-0.1, -0.05) is 6.07 Å². The van der Waals surface area contributed by atoms with Gasteiger partial charge in [0.05, 0.1) is 0 Å². The number of benzene rings is 1. The second kappa shape index (κ2) is 3.73. The third kappa shape index (κ3) is 1.33. The van der Waals surface area contributed by atoms with Gasteiger partial charge in [0.1, 0.15) is 5.82 Å². The summed E-state index contributed by atoms with van der Waals surface area (Å²) in [4.78, 5) is 6.03. The molecular weight excluding hydrogens is 226 g/mol. The van der Waals surface area contributed by atoms with Crippen LogP contribution in [0.1, 0.15) is 29.9 Å². The first-order valence-corrected chi connectivity index (χ1v) is 6.63. The minimum absolute atomic E-state index is 0.504. The largest absolute Gasteiger partial charge is 0.358 e. The Labute approximate surface area is 106 Å². The van der Waals surface area contributed by atoms with Crippen LogP contribution in [0.4, 0.5) is 5.82 Å². The third-order valence-corrected chi connectivity index (χ3v) is 4.38. The average Bonchev–Trinajstić information content (AvgIpc) is 2.81. The molecule has 2 aromatic rings. The van der Waals surface area contributed by atoms with Gasteiger partial charge in [-0.3, -0.25) is 0 Å². The number of hydrogen-bond donors (Lipinski definition) is 3. The van der Waals surface area contributed by atoms with Gasteiger partial charge in [0.25, 0.3) is 0 Å². The second-order valence-electron chi connectivity index (χ2n) is 5.36. The maximum Gasteiger partial charge on any atom is 0.110 e. The first-order chi connectivity index (χ1) is 8.86. The fourth-order valence-electron chi connectivity index (χ4n) is 3.50. The van der Waals surface area contributed by atoms with E-state index in [0.29, 0.717) is 6.54 Å². The van der Waals surface area contributed by atoms with Gasteiger partial charge in [0, 0.05) is 36.1 Å². The molecular formula is C14H17N3O. The Kier molecular flexibility index (Phi) is 2.16. The molecule has 4 heterocycles. The molecule has 18 heavy (non-hydrogen) atoms. The number of anilines is 1. The van der Waals surface area contributed by atoms with Crippen molar-refractivity contribution in [3.05, 3.63) is 29.3 Å². The van der Waals surface area contributed by atoms with Crippen LogP contribution in [-0.4, -0.2) is 23.3 Å². The van der Waals surface area contributed by atoms with E-state index < -0.39 is 0 Å². The minimum Gasteiger partial charge on any atom is -0.358 e. The summed E-state index contributed by atoms with van der Waals surface area (Å²) in [6.07, 6.45) is 2.56. The Morgan fingerprint density at radius 1 is 1.33 bits per heavy atom. The molecule has 0 amide bonds. The number of hydroxylamine groups is 1. The van der Waals surface area contributed by atoms with E-state index in [1.54, 1.807) is 0 Å². The van der Waals surface area contributed by atoms with Crippen molar-refractivity contribution in [1.82, 2.24) is 10.5 Å². The topological polar surface area (TPSA) is 51.3 Å². The van der Waals surface area contributed by atoms with Crippen LogP contribution >= 0.6 is 0 Å². The summed E-state index contributed by atoms with van der Waals surface area (Å²) in [6, 6.07) is 6.39. The molecule has 4 nitrogen and oxygen atoms in total. The molecule has 4 heteroatoms. The Balaban J connectivity index is 1.93. The number of aromatic nitrogens is 1. The molecule has 1 aromatic heterocycles. The van der Waals surface area contributed by atoms with Crippen LogP contribution in [-0.2, 0) is 6.54 Å². The van der Waals surface area contributed by atoms with Gasteiger partial charge in [0.2, 0.25) is 0 Å². The second-order valence-corrected chi connectivity index (χ2v) is 5.36. The van der Waals surface area contributed by atoms with E-state index in [4.69, 9.17) is 5.21 Å². The van der Waals surface area contributed by atoms with Crippen LogP contribution in [0, 0.1) is 0 Å². The summed E-state index contributed by atoms with van der Waals surface area (Å²) < 4.78 is 0. The zero-order valence-corrected chi connectivity index (χ0v) is 10.2.